The van der Waals surface area contributed by atoms with Gasteiger partial charge >= 0.3 is 6.18 Å². The van der Waals surface area contributed by atoms with E-state index in [0.717, 1.165) is 24.2 Å². The van der Waals surface area contributed by atoms with Crippen molar-refractivity contribution in [3.63, 3.8) is 0 Å². The van der Waals surface area contributed by atoms with Crippen molar-refractivity contribution in [1.29, 1.82) is 0 Å². The number of nitrogens with one attached hydrogen (secondary N) is 2. The zero-order chi connectivity index (χ0) is 21.6. The quantitative estimate of drug-likeness (QED) is 0.506. The van der Waals surface area contributed by atoms with Crippen molar-refractivity contribution in [3.05, 3.63) is 23.8 Å². The molecule has 8 heteroatoms. The summed E-state index contributed by atoms with van der Waals surface area (Å²) in [7, 11) is 3.30. The fourth-order valence-electron chi connectivity index (χ4n) is 4.30. The van der Waals surface area contributed by atoms with Crippen LogP contribution in [-0.4, -0.2) is 38.4 Å². The van der Waals surface area contributed by atoms with E-state index in [2.05, 4.69) is 15.6 Å². The number of hydrogen-bond donors (Lipinski definition) is 2. The number of guanidine groups is 1. The molecular formula is C22H32F3N3O2. The van der Waals surface area contributed by atoms with Crippen LogP contribution >= 0.6 is 0 Å². The normalized spacial score (nSPS) is 23.3. The summed E-state index contributed by atoms with van der Waals surface area (Å²) in [5.41, 5.74) is 0.963. The molecule has 0 bridgehead atoms. The molecule has 0 heterocycles. The van der Waals surface area contributed by atoms with Gasteiger partial charge in [0.05, 0.1) is 19.1 Å². The maximum atomic E-state index is 12.9. The van der Waals surface area contributed by atoms with Crippen molar-refractivity contribution in [2.24, 2.45) is 10.9 Å². The first-order valence-corrected chi connectivity index (χ1v) is 10.8. The van der Waals surface area contributed by atoms with Crippen molar-refractivity contribution in [2.45, 2.75) is 76.2 Å². The van der Waals surface area contributed by atoms with E-state index in [4.69, 9.17) is 9.47 Å². The minimum Gasteiger partial charge on any atom is -0.493 e. The summed E-state index contributed by atoms with van der Waals surface area (Å²) >= 11 is 0. The van der Waals surface area contributed by atoms with Crippen molar-refractivity contribution in [2.75, 3.05) is 14.2 Å². The molecule has 1 aromatic carbocycles. The van der Waals surface area contributed by atoms with E-state index in [-0.39, 0.29) is 25.0 Å². The van der Waals surface area contributed by atoms with Gasteiger partial charge in [-0.05, 0) is 57.4 Å². The summed E-state index contributed by atoms with van der Waals surface area (Å²) in [6.07, 6.45) is 1.87. The van der Waals surface area contributed by atoms with Gasteiger partial charge in [-0.1, -0.05) is 12.1 Å². The minimum absolute atomic E-state index is 0.00526. The monoisotopic (exact) mass is 427 g/mol. The van der Waals surface area contributed by atoms with E-state index in [1.54, 1.807) is 14.2 Å². The minimum atomic E-state index is -4.09. The highest BCUT2D eigenvalue weighted by atomic mass is 19.4. The average Bonchev–Trinajstić information content (AvgIpc) is 3.24. The average molecular weight is 428 g/mol. The number of halogens is 3. The third kappa shape index (κ3) is 5.95. The van der Waals surface area contributed by atoms with Gasteiger partial charge in [-0.2, -0.15) is 13.2 Å². The summed E-state index contributed by atoms with van der Waals surface area (Å²) in [5.74, 6) is 0.854. The number of rotatable bonds is 6. The zero-order valence-corrected chi connectivity index (χ0v) is 17.7. The number of benzene rings is 1. The molecule has 0 unspecified atom stereocenters. The predicted molar refractivity (Wildman–Crippen MR) is 111 cm³/mol. The maximum absolute atomic E-state index is 12.9. The SMILES string of the molecule is CN=C(NCc1cccc(OC)c1OC1CCCC1)NC1CCC(C(F)(F)F)CC1. The molecule has 5 nitrogen and oxygen atoms in total. The summed E-state index contributed by atoms with van der Waals surface area (Å²) in [5, 5.41) is 6.54. The van der Waals surface area contributed by atoms with Crippen molar-refractivity contribution in [1.82, 2.24) is 10.6 Å². The fraction of sp³-hybridized carbons (Fsp3) is 0.682. The second-order valence-corrected chi connectivity index (χ2v) is 8.13. The number of alkyl halides is 3. The van der Waals surface area contributed by atoms with Gasteiger partial charge in [0, 0.05) is 25.2 Å². The number of nitrogens with zero attached hydrogens (tertiary/aromatic N) is 1. The third-order valence-electron chi connectivity index (χ3n) is 6.07. The summed E-state index contributed by atoms with van der Waals surface area (Å²) in [4.78, 5) is 4.24. The Morgan fingerprint density at radius 3 is 2.40 bits per heavy atom. The van der Waals surface area contributed by atoms with Gasteiger partial charge in [0.25, 0.3) is 0 Å². The fourth-order valence-corrected chi connectivity index (χ4v) is 4.30. The van der Waals surface area contributed by atoms with Crippen LogP contribution < -0.4 is 20.1 Å². The highest BCUT2D eigenvalue weighted by Crippen LogP contribution is 2.37. The van der Waals surface area contributed by atoms with Gasteiger partial charge in [-0.3, -0.25) is 4.99 Å². The number of aliphatic imine (C=N–C) groups is 1. The van der Waals surface area contributed by atoms with Crippen molar-refractivity contribution in [3.8, 4) is 11.5 Å². The van der Waals surface area contributed by atoms with E-state index >= 15 is 0 Å². The first-order chi connectivity index (χ1) is 14.4. The lowest BCUT2D eigenvalue weighted by Gasteiger charge is -2.31. The zero-order valence-electron chi connectivity index (χ0n) is 17.7. The Labute approximate surface area is 176 Å². The van der Waals surface area contributed by atoms with Crippen LogP contribution in [0.4, 0.5) is 13.2 Å². The molecule has 2 aliphatic carbocycles. The Kier molecular flexibility index (Phi) is 7.72. The van der Waals surface area contributed by atoms with Crippen LogP contribution in [0.5, 0.6) is 11.5 Å². The van der Waals surface area contributed by atoms with Gasteiger partial charge in [0.1, 0.15) is 0 Å². The van der Waals surface area contributed by atoms with Crippen LogP contribution in [0.1, 0.15) is 56.9 Å². The number of ether oxygens (including phenoxy) is 2. The topological polar surface area (TPSA) is 54.9 Å². The third-order valence-corrected chi connectivity index (χ3v) is 6.07. The van der Waals surface area contributed by atoms with Gasteiger partial charge in [0.15, 0.2) is 17.5 Å². The van der Waals surface area contributed by atoms with Crippen molar-refractivity contribution < 1.29 is 22.6 Å². The van der Waals surface area contributed by atoms with Crippen LogP contribution in [0.3, 0.4) is 0 Å². The molecule has 30 heavy (non-hydrogen) atoms. The maximum Gasteiger partial charge on any atom is 0.391 e. The van der Waals surface area contributed by atoms with Gasteiger partial charge in [0.2, 0.25) is 0 Å². The molecular weight excluding hydrogens is 395 g/mol. The van der Waals surface area contributed by atoms with Crippen LogP contribution in [0.25, 0.3) is 0 Å². The van der Waals surface area contributed by atoms with Crippen LogP contribution in [0.2, 0.25) is 0 Å². The van der Waals surface area contributed by atoms with E-state index in [0.29, 0.717) is 31.1 Å². The molecule has 1 aromatic rings. The summed E-state index contributed by atoms with van der Waals surface area (Å²) < 4.78 is 50.4. The van der Waals surface area contributed by atoms with Gasteiger partial charge < -0.3 is 20.1 Å². The second kappa shape index (κ2) is 10.3. The first-order valence-electron chi connectivity index (χ1n) is 10.8. The van der Waals surface area contributed by atoms with Crippen LogP contribution in [0, 0.1) is 5.92 Å². The second-order valence-electron chi connectivity index (χ2n) is 8.13. The molecule has 0 radical (unpaired) electrons. The number of para-hydroxylation sites is 1. The molecule has 3 rings (SSSR count). The Hall–Kier alpha value is -2.12. The van der Waals surface area contributed by atoms with E-state index < -0.39 is 12.1 Å². The Bertz CT molecular complexity index is 710. The van der Waals surface area contributed by atoms with Crippen LogP contribution in [-0.2, 0) is 6.54 Å². The smallest absolute Gasteiger partial charge is 0.391 e. The molecule has 0 aliphatic heterocycles. The number of methoxy groups -OCH3 is 1. The summed E-state index contributed by atoms with van der Waals surface area (Å²) in [6, 6.07) is 5.79. The molecule has 168 valence electrons. The summed E-state index contributed by atoms with van der Waals surface area (Å²) in [6.45, 7) is 0.483. The lowest BCUT2D eigenvalue weighted by atomic mass is 9.85. The Morgan fingerprint density at radius 2 is 1.80 bits per heavy atom. The molecule has 2 aliphatic rings. The van der Waals surface area contributed by atoms with E-state index in [9.17, 15) is 13.2 Å². The van der Waals surface area contributed by atoms with Crippen LogP contribution in [0.15, 0.2) is 23.2 Å². The van der Waals surface area contributed by atoms with E-state index in [1.807, 2.05) is 18.2 Å². The van der Waals surface area contributed by atoms with Gasteiger partial charge in [-0.15, -0.1) is 0 Å². The van der Waals surface area contributed by atoms with E-state index in [1.165, 1.54) is 12.8 Å². The Balaban J connectivity index is 1.57. The van der Waals surface area contributed by atoms with Gasteiger partial charge in [-0.25, -0.2) is 0 Å². The first kappa shape index (κ1) is 22.6. The number of hydrogen-bond acceptors (Lipinski definition) is 3. The lowest BCUT2D eigenvalue weighted by molar-refractivity contribution is -0.182. The molecule has 0 atom stereocenters. The molecule has 0 spiro atoms. The standard InChI is InChI=1S/C22H32F3N3O2/c1-26-21(28-17-12-10-16(11-13-17)22(23,24)25)27-14-15-6-5-9-19(29-2)20(15)30-18-7-3-4-8-18/h5-6,9,16-18H,3-4,7-8,10-14H2,1-2H3,(H2,26,27,28). The molecule has 0 amide bonds. The largest absolute Gasteiger partial charge is 0.493 e. The predicted octanol–water partition coefficient (Wildman–Crippen LogP) is 4.80. The molecule has 2 fully saturated rings. The molecule has 2 saturated carbocycles. The lowest BCUT2D eigenvalue weighted by Crippen LogP contribution is -2.45. The Morgan fingerprint density at radius 1 is 1.10 bits per heavy atom. The highest BCUT2D eigenvalue weighted by molar-refractivity contribution is 5.80. The highest BCUT2D eigenvalue weighted by Gasteiger charge is 2.41. The van der Waals surface area contributed by atoms with Crippen molar-refractivity contribution >= 4 is 5.96 Å². The molecule has 0 aromatic heterocycles. The molecule has 2 N–H and O–H groups in total. The molecule has 0 saturated heterocycles.